The molecule has 1 N–H and O–H groups in total. The Hall–Kier alpha value is -1.10. The van der Waals surface area contributed by atoms with Crippen molar-refractivity contribution in [1.29, 1.82) is 0 Å². The minimum absolute atomic E-state index is 0.168. The zero-order chi connectivity index (χ0) is 13.7. The molecule has 2 rings (SSSR count). The molecule has 1 aliphatic heterocycles. The van der Waals surface area contributed by atoms with Crippen LogP contribution in [0.1, 0.15) is 44.9 Å². The van der Waals surface area contributed by atoms with Crippen molar-refractivity contribution in [1.82, 2.24) is 5.32 Å². The first-order valence-electron chi connectivity index (χ1n) is 7.22. The molecule has 0 unspecified atom stereocenters. The van der Waals surface area contributed by atoms with E-state index in [1.807, 2.05) is 0 Å². The Morgan fingerprint density at radius 2 is 1.89 bits per heavy atom. The molecular weight excluding hydrogens is 246 g/mol. The van der Waals surface area contributed by atoms with E-state index in [0.29, 0.717) is 6.61 Å². The van der Waals surface area contributed by atoms with Gasteiger partial charge in [0.2, 0.25) is 5.91 Å². The summed E-state index contributed by atoms with van der Waals surface area (Å²) in [5, 5.41) is 2.84. The van der Waals surface area contributed by atoms with E-state index in [-0.39, 0.29) is 17.8 Å². The van der Waals surface area contributed by atoms with E-state index in [2.05, 4.69) is 5.32 Å². The quantitative estimate of drug-likeness (QED) is 0.784. The summed E-state index contributed by atoms with van der Waals surface area (Å²) in [4.78, 5) is 24.0. The van der Waals surface area contributed by atoms with Gasteiger partial charge < -0.3 is 14.8 Å². The van der Waals surface area contributed by atoms with Gasteiger partial charge in [-0.1, -0.05) is 19.3 Å². The predicted molar refractivity (Wildman–Crippen MR) is 69.5 cm³/mol. The number of hydrogen-bond donors (Lipinski definition) is 1. The second kappa shape index (κ2) is 6.89. The van der Waals surface area contributed by atoms with Crippen LogP contribution < -0.4 is 5.32 Å². The number of esters is 1. The Bertz CT molecular complexity index is 319. The molecule has 2 fully saturated rings. The van der Waals surface area contributed by atoms with E-state index < -0.39 is 12.1 Å². The lowest BCUT2D eigenvalue weighted by molar-refractivity contribution is -0.148. The molecule has 0 aromatic rings. The van der Waals surface area contributed by atoms with Crippen LogP contribution >= 0.6 is 0 Å². The van der Waals surface area contributed by atoms with Gasteiger partial charge >= 0.3 is 5.97 Å². The zero-order valence-electron chi connectivity index (χ0n) is 11.5. The summed E-state index contributed by atoms with van der Waals surface area (Å²) in [7, 11) is 1.37. The first-order chi connectivity index (χ1) is 9.22. The summed E-state index contributed by atoms with van der Waals surface area (Å²) in [5.41, 5.74) is 0. The Kier molecular flexibility index (Phi) is 5.19. The highest BCUT2D eigenvalue weighted by molar-refractivity contribution is 5.87. The fourth-order valence-corrected chi connectivity index (χ4v) is 2.99. The van der Waals surface area contributed by atoms with Crippen LogP contribution in [0.25, 0.3) is 0 Å². The largest absolute Gasteiger partial charge is 0.467 e. The van der Waals surface area contributed by atoms with E-state index in [1.165, 1.54) is 13.5 Å². The first-order valence-corrected chi connectivity index (χ1v) is 7.22. The third-order valence-corrected chi connectivity index (χ3v) is 4.10. The molecule has 108 valence electrons. The lowest BCUT2D eigenvalue weighted by Gasteiger charge is -2.29. The van der Waals surface area contributed by atoms with Crippen molar-refractivity contribution < 1.29 is 19.1 Å². The average Bonchev–Trinajstić information content (AvgIpc) is 2.99. The van der Waals surface area contributed by atoms with Gasteiger partial charge in [0, 0.05) is 6.61 Å². The maximum atomic E-state index is 12.1. The van der Waals surface area contributed by atoms with Crippen molar-refractivity contribution in [2.45, 2.75) is 57.1 Å². The Morgan fingerprint density at radius 1 is 1.16 bits per heavy atom. The summed E-state index contributed by atoms with van der Waals surface area (Å²) < 4.78 is 10.2. The van der Waals surface area contributed by atoms with Crippen LogP contribution in [-0.2, 0) is 19.1 Å². The van der Waals surface area contributed by atoms with Gasteiger partial charge in [0.05, 0.1) is 7.11 Å². The number of carbonyl (C=O) groups excluding carboxylic acids is 2. The predicted octanol–water partition coefficient (Wildman–Crippen LogP) is 1.40. The van der Waals surface area contributed by atoms with Crippen LogP contribution in [0.2, 0.25) is 0 Å². The normalized spacial score (nSPS) is 25.8. The van der Waals surface area contributed by atoms with Gasteiger partial charge in [-0.25, -0.2) is 4.79 Å². The monoisotopic (exact) mass is 269 g/mol. The van der Waals surface area contributed by atoms with Gasteiger partial charge in [-0.3, -0.25) is 4.79 Å². The molecule has 2 aliphatic rings. The summed E-state index contributed by atoms with van der Waals surface area (Å²) >= 11 is 0. The Morgan fingerprint density at radius 3 is 2.47 bits per heavy atom. The van der Waals surface area contributed by atoms with Crippen LogP contribution in [0.5, 0.6) is 0 Å². The molecule has 1 heterocycles. The van der Waals surface area contributed by atoms with Gasteiger partial charge in [-0.2, -0.15) is 0 Å². The third-order valence-electron chi connectivity index (χ3n) is 4.10. The average molecular weight is 269 g/mol. The van der Waals surface area contributed by atoms with Crippen molar-refractivity contribution >= 4 is 11.9 Å². The maximum Gasteiger partial charge on any atom is 0.328 e. The highest BCUT2D eigenvalue weighted by Crippen LogP contribution is 2.27. The van der Waals surface area contributed by atoms with Crippen LogP contribution in [-0.4, -0.2) is 37.7 Å². The van der Waals surface area contributed by atoms with Crippen molar-refractivity contribution in [3.05, 3.63) is 0 Å². The van der Waals surface area contributed by atoms with Gasteiger partial charge in [-0.15, -0.1) is 0 Å². The minimum atomic E-state index is -0.512. The van der Waals surface area contributed by atoms with Gasteiger partial charge in [0.1, 0.15) is 12.1 Å². The lowest BCUT2D eigenvalue weighted by atomic mass is 9.83. The highest BCUT2D eigenvalue weighted by Gasteiger charge is 2.34. The number of methoxy groups -OCH3 is 1. The number of carbonyl (C=O) groups is 2. The maximum absolute atomic E-state index is 12.1. The molecule has 1 saturated heterocycles. The molecular formula is C14H23NO4. The molecule has 5 nitrogen and oxygen atoms in total. The summed E-state index contributed by atoms with van der Waals surface area (Å²) in [6.45, 7) is 0.629. The first kappa shape index (κ1) is 14.3. The van der Waals surface area contributed by atoms with Gasteiger partial charge in [0.15, 0.2) is 0 Å². The van der Waals surface area contributed by atoms with Crippen molar-refractivity contribution in [2.75, 3.05) is 13.7 Å². The van der Waals surface area contributed by atoms with Crippen LogP contribution in [0.4, 0.5) is 0 Å². The molecule has 1 amide bonds. The Labute approximate surface area is 114 Å². The minimum Gasteiger partial charge on any atom is -0.467 e. The molecule has 1 aliphatic carbocycles. The van der Waals surface area contributed by atoms with Crippen LogP contribution in [0.3, 0.4) is 0 Å². The number of hydrogen-bond acceptors (Lipinski definition) is 4. The lowest BCUT2D eigenvalue weighted by Crippen LogP contribution is -2.50. The molecule has 0 radical (unpaired) electrons. The SMILES string of the molecule is COC(=O)[C@H](NC(=O)[C@H]1CCCO1)C1CCCCC1. The van der Waals surface area contributed by atoms with Crippen molar-refractivity contribution in [3.8, 4) is 0 Å². The number of ether oxygens (including phenoxy) is 2. The number of nitrogens with one attached hydrogen (secondary N) is 1. The summed E-state index contributed by atoms with van der Waals surface area (Å²) in [6.07, 6.45) is 6.66. The standard InChI is InChI=1S/C14H23NO4/c1-18-14(17)12(10-6-3-2-4-7-10)15-13(16)11-8-5-9-19-11/h10-12H,2-9H2,1H3,(H,15,16)/t11-,12-/m1/s1. The van der Waals surface area contributed by atoms with E-state index in [4.69, 9.17) is 9.47 Å². The van der Waals surface area contributed by atoms with Crippen LogP contribution in [0.15, 0.2) is 0 Å². The second-order valence-corrected chi connectivity index (χ2v) is 5.41. The van der Waals surface area contributed by atoms with E-state index in [1.54, 1.807) is 0 Å². The molecule has 2 atom stereocenters. The van der Waals surface area contributed by atoms with E-state index in [9.17, 15) is 9.59 Å². The number of rotatable bonds is 4. The molecule has 19 heavy (non-hydrogen) atoms. The van der Waals surface area contributed by atoms with E-state index in [0.717, 1.165) is 38.5 Å². The van der Waals surface area contributed by atoms with E-state index >= 15 is 0 Å². The van der Waals surface area contributed by atoms with Crippen LogP contribution in [0, 0.1) is 5.92 Å². The van der Waals surface area contributed by atoms with Gasteiger partial charge in [-0.05, 0) is 31.6 Å². The molecule has 0 bridgehead atoms. The number of amides is 1. The zero-order valence-corrected chi connectivity index (χ0v) is 11.5. The molecule has 0 spiro atoms. The second-order valence-electron chi connectivity index (χ2n) is 5.41. The topological polar surface area (TPSA) is 64.6 Å². The summed E-state index contributed by atoms with van der Waals surface area (Å²) in [6, 6.07) is -0.512. The van der Waals surface area contributed by atoms with Crippen molar-refractivity contribution in [2.24, 2.45) is 5.92 Å². The fraction of sp³-hybridized carbons (Fsp3) is 0.857. The molecule has 0 aromatic carbocycles. The molecule has 5 heteroatoms. The van der Waals surface area contributed by atoms with Crippen molar-refractivity contribution in [3.63, 3.8) is 0 Å². The highest BCUT2D eigenvalue weighted by atomic mass is 16.5. The van der Waals surface area contributed by atoms with Gasteiger partial charge in [0.25, 0.3) is 0 Å². The Balaban J connectivity index is 1.96. The molecule has 1 saturated carbocycles. The molecule has 0 aromatic heterocycles. The fourth-order valence-electron chi connectivity index (χ4n) is 2.99. The smallest absolute Gasteiger partial charge is 0.328 e. The third kappa shape index (κ3) is 3.69. The summed E-state index contributed by atoms with van der Waals surface area (Å²) in [5.74, 6) is -0.303.